The number of carbonyl (C=O) groups excluding carboxylic acids is 1. The van der Waals surface area contributed by atoms with Crippen LogP contribution in [0.15, 0.2) is 0 Å². The zero-order valence-corrected chi connectivity index (χ0v) is 10.8. The van der Waals surface area contributed by atoms with Gasteiger partial charge in [-0.15, -0.1) is 0 Å². The summed E-state index contributed by atoms with van der Waals surface area (Å²) in [5.41, 5.74) is 0.411. The molecule has 1 heterocycles. The van der Waals surface area contributed by atoms with E-state index in [4.69, 9.17) is 0 Å². The van der Waals surface area contributed by atoms with Gasteiger partial charge in [0.05, 0.1) is 0 Å². The van der Waals surface area contributed by atoms with Crippen molar-refractivity contribution in [2.75, 3.05) is 6.54 Å². The molecule has 1 aliphatic heterocycles. The quantitative estimate of drug-likeness (QED) is 0.747. The Kier molecular flexibility index (Phi) is 3.47. The van der Waals surface area contributed by atoms with Crippen LogP contribution in [-0.4, -0.2) is 12.5 Å². The highest BCUT2D eigenvalue weighted by Gasteiger charge is 2.37. The summed E-state index contributed by atoms with van der Waals surface area (Å²) in [4.78, 5) is 11.7. The SMILES string of the molecule is CC(C)CC1(C)CC(=O)NCC(C)(C)C1. The Bertz CT molecular complexity index is 245. The summed E-state index contributed by atoms with van der Waals surface area (Å²) in [5, 5.41) is 3.02. The fraction of sp³-hybridized carbons (Fsp3) is 0.923. The topological polar surface area (TPSA) is 29.1 Å². The van der Waals surface area contributed by atoms with Crippen LogP contribution in [0.2, 0.25) is 0 Å². The second-order valence-corrected chi connectivity index (χ2v) is 6.70. The highest BCUT2D eigenvalue weighted by atomic mass is 16.1. The van der Waals surface area contributed by atoms with E-state index in [0.29, 0.717) is 12.3 Å². The predicted octanol–water partition coefficient (Wildman–Crippen LogP) is 2.98. The van der Waals surface area contributed by atoms with E-state index in [9.17, 15) is 4.79 Å². The molecule has 2 nitrogen and oxygen atoms in total. The maximum absolute atomic E-state index is 11.7. The lowest BCUT2D eigenvalue weighted by atomic mass is 9.69. The largest absolute Gasteiger partial charge is 0.356 e. The zero-order valence-electron chi connectivity index (χ0n) is 10.8. The van der Waals surface area contributed by atoms with Crippen molar-refractivity contribution in [3.63, 3.8) is 0 Å². The molecule has 1 fully saturated rings. The Balaban J connectivity index is 2.80. The molecular weight excluding hydrogens is 186 g/mol. The highest BCUT2D eigenvalue weighted by molar-refractivity contribution is 5.77. The average Bonchev–Trinajstić information content (AvgIpc) is 2.05. The fourth-order valence-electron chi connectivity index (χ4n) is 3.20. The zero-order chi connectivity index (χ0) is 11.7. The number of hydrogen-bond acceptors (Lipinski definition) is 1. The van der Waals surface area contributed by atoms with Gasteiger partial charge < -0.3 is 5.32 Å². The summed E-state index contributed by atoms with van der Waals surface area (Å²) in [6.45, 7) is 12.1. The van der Waals surface area contributed by atoms with Crippen LogP contribution in [0.5, 0.6) is 0 Å². The molecule has 0 aromatic rings. The first-order valence-electron chi connectivity index (χ1n) is 5.99. The third-order valence-corrected chi connectivity index (χ3v) is 3.16. The predicted molar refractivity (Wildman–Crippen MR) is 63.6 cm³/mol. The summed E-state index contributed by atoms with van der Waals surface area (Å²) in [7, 11) is 0. The van der Waals surface area contributed by atoms with Crippen LogP contribution in [0.1, 0.15) is 53.9 Å². The van der Waals surface area contributed by atoms with Gasteiger partial charge in [-0.3, -0.25) is 4.79 Å². The number of rotatable bonds is 2. The molecule has 0 radical (unpaired) electrons. The lowest BCUT2D eigenvalue weighted by molar-refractivity contribution is -0.122. The molecule has 0 aliphatic carbocycles. The second-order valence-electron chi connectivity index (χ2n) is 6.70. The smallest absolute Gasteiger partial charge is 0.220 e. The molecule has 2 heteroatoms. The Morgan fingerprint density at radius 2 is 1.93 bits per heavy atom. The molecule has 0 spiro atoms. The first kappa shape index (κ1) is 12.5. The first-order chi connectivity index (χ1) is 6.72. The van der Waals surface area contributed by atoms with E-state index in [1.807, 2.05) is 0 Å². The van der Waals surface area contributed by atoms with Crippen LogP contribution in [0.4, 0.5) is 0 Å². The van der Waals surface area contributed by atoms with Crippen molar-refractivity contribution in [3.05, 3.63) is 0 Å². The molecule has 0 aromatic carbocycles. The summed E-state index contributed by atoms with van der Waals surface area (Å²) in [5.74, 6) is 0.889. The minimum atomic E-state index is 0.179. The minimum Gasteiger partial charge on any atom is -0.356 e. The van der Waals surface area contributed by atoms with Gasteiger partial charge in [0.15, 0.2) is 0 Å². The number of hydrogen-bond donors (Lipinski definition) is 1. The average molecular weight is 211 g/mol. The summed E-state index contributed by atoms with van der Waals surface area (Å²) < 4.78 is 0. The molecule has 1 aliphatic rings. The van der Waals surface area contributed by atoms with Crippen molar-refractivity contribution in [2.24, 2.45) is 16.7 Å². The molecule has 88 valence electrons. The van der Waals surface area contributed by atoms with E-state index in [2.05, 4.69) is 39.9 Å². The maximum atomic E-state index is 11.7. The molecule has 1 rings (SSSR count). The third kappa shape index (κ3) is 3.84. The second kappa shape index (κ2) is 4.15. The normalized spacial score (nSPS) is 31.2. The Morgan fingerprint density at radius 1 is 1.33 bits per heavy atom. The molecule has 0 aromatic heterocycles. The lowest BCUT2D eigenvalue weighted by Crippen LogP contribution is -2.30. The number of amides is 1. The van der Waals surface area contributed by atoms with Crippen molar-refractivity contribution >= 4 is 5.91 Å². The maximum Gasteiger partial charge on any atom is 0.220 e. The lowest BCUT2D eigenvalue weighted by Gasteiger charge is -2.35. The van der Waals surface area contributed by atoms with E-state index >= 15 is 0 Å². The van der Waals surface area contributed by atoms with Gasteiger partial charge in [-0.25, -0.2) is 0 Å². The van der Waals surface area contributed by atoms with Gasteiger partial charge in [-0.1, -0.05) is 34.6 Å². The number of carbonyl (C=O) groups is 1. The van der Waals surface area contributed by atoms with Crippen LogP contribution in [0.25, 0.3) is 0 Å². The van der Waals surface area contributed by atoms with Crippen molar-refractivity contribution in [3.8, 4) is 0 Å². The Morgan fingerprint density at radius 3 is 2.47 bits per heavy atom. The minimum absolute atomic E-state index is 0.179. The van der Waals surface area contributed by atoms with Gasteiger partial charge in [0.1, 0.15) is 0 Å². The number of nitrogens with one attached hydrogen (secondary N) is 1. The van der Waals surface area contributed by atoms with E-state index in [1.54, 1.807) is 0 Å². The van der Waals surface area contributed by atoms with Gasteiger partial charge in [-0.2, -0.15) is 0 Å². The van der Waals surface area contributed by atoms with E-state index in [0.717, 1.165) is 19.4 Å². The molecule has 1 unspecified atom stereocenters. The Hall–Kier alpha value is -0.530. The highest BCUT2D eigenvalue weighted by Crippen LogP contribution is 2.42. The van der Waals surface area contributed by atoms with Crippen LogP contribution >= 0.6 is 0 Å². The molecule has 1 amide bonds. The molecular formula is C13H25NO. The van der Waals surface area contributed by atoms with Gasteiger partial charge in [0.2, 0.25) is 5.91 Å². The van der Waals surface area contributed by atoms with Crippen LogP contribution in [-0.2, 0) is 4.79 Å². The van der Waals surface area contributed by atoms with Gasteiger partial charge in [0, 0.05) is 13.0 Å². The first-order valence-corrected chi connectivity index (χ1v) is 5.99. The van der Waals surface area contributed by atoms with Crippen molar-refractivity contribution in [1.29, 1.82) is 0 Å². The van der Waals surface area contributed by atoms with Crippen molar-refractivity contribution in [1.82, 2.24) is 5.32 Å². The summed E-state index contributed by atoms with van der Waals surface area (Å²) >= 11 is 0. The van der Waals surface area contributed by atoms with Crippen molar-refractivity contribution in [2.45, 2.75) is 53.9 Å². The molecule has 0 bridgehead atoms. The van der Waals surface area contributed by atoms with Crippen LogP contribution in [0.3, 0.4) is 0 Å². The van der Waals surface area contributed by atoms with E-state index in [-0.39, 0.29) is 16.7 Å². The molecule has 1 atom stereocenters. The molecule has 1 N–H and O–H groups in total. The van der Waals surface area contributed by atoms with Gasteiger partial charge >= 0.3 is 0 Å². The molecule has 1 saturated heterocycles. The van der Waals surface area contributed by atoms with Gasteiger partial charge in [-0.05, 0) is 29.6 Å². The Labute approximate surface area is 93.8 Å². The monoisotopic (exact) mass is 211 g/mol. The molecule has 15 heavy (non-hydrogen) atoms. The fourth-order valence-corrected chi connectivity index (χ4v) is 3.20. The third-order valence-electron chi connectivity index (χ3n) is 3.16. The summed E-state index contributed by atoms with van der Waals surface area (Å²) in [6.07, 6.45) is 2.97. The van der Waals surface area contributed by atoms with Gasteiger partial charge in [0.25, 0.3) is 0 Å². The van der Waals surface area contributed by atoms with E-state index in [1.165, 1.54) is 0 Å². The summed E-state index contributed by atoms with van der Waals surface area (Å²) in [6, 6.07) is 0. The standard InChI is InChI=1S/C13H25NO/c1-10(2)6-13(5)7-11(15)14-9-12(3,4)8-13/h10H,6-9H2,1-5H3,(H,14,15). The van der Waals surface area contributed by atoms with Crippen molar-refractivity contribution < 1.29 is 4.79 Å². The van der Waals surface area contributed by atoms with Crippen LogP contribution < -0.4 is 5.32 Å². The van der Waals surface area contributed by atoms with E-state index < -0.39 is 0 Å². The molecule has 0 saturated carbocycles. The van der Waals surface area contributed by atoms with Crippen LogP contribution in [0, 0.1) is 16.7 Å².